The molecule has 5 nitrogen and oxygen atoms in total. The summed E-state index contributed by atoms with van der Waals surface area (Å²) >= 11 is 13.3. The SMILES string of the molecule is Cc1ccsc1CCN1C(=S)N(c2ccc(Cl)cc2)C(=O)C1CC(=O)Nc1ccc(F)cc1. The van der Waals surface area contributed by atoms with E-state index in [-0.39, 0.29) is 18.2 Å². The number of aryl methyl sites for hydroxylation is 1. The molecule has 0 spiro atoms. The fourth-order valence-corrected chi connectivity index (χ4v) is 5.16. The van der Waals surface area contributed by atoms with Crippen LogP contribution in [0.1, 0.15) is 16.9 Å². The summed E-state index contributed by atoms with van der Waals surface area (Å²) in [5.74, 6) is -1.00. The first-order chi connectivity index (χ1) is 15.8. The van der Waals surface area contributed by atoms with Crippen LogP contribution in [0.2, 0.25) is 5.02 Å². The molecule has 1 saturated heterocycles. The van der Waals surface area contributed by atoms with Gasteiger partial charge in [0.15, 0.2) is 5.11 Å². The number of rotatable bonds is 7. The number of thiocarbonyl (C=S) groups is 1. The van der Waals surface area contributed by atoms with Crippen LogP contribution in [0.4, 0.5) is 15.8 Å². The molecule has 1 aliphatic rings. The van der Waals surface area contributed by atoms with Gasteiger partial charge < -0.3 is 10.2 Å². The second-order valence-corrected chi connectivity index (χ2v) is 9.48. The molecule has 0 saturated carbocycles. The van der Waals surface area contributed by atoms with Crippen molar-refractivity contribution in [1.82, 2.24) is 4.90 Å². The Morgan fingerprint density at radius 3 is 2.48 bits per heavy atom. The molecule has 9 heteroatoms. The second-order valence-electron chi connectivity index (χ2n) is 7.68. The Morgan fingerprint density at radius 1 is 1.15 bits per heavy atom. The minimum absolute atomic E-state index is 0.0795. The normalized spacial score (nSPS) is 15.9. The van der Waals surface area contributed by atoms with Gasteiger partial charge in [0, 0.05) is 22.1 Å². The van der Waals surface area contributed by atoms with Crippen LogP contribution in [0.15, 0.2) is 60.0 Å². The van der Waals surface area contributed by atoms with Crippen LogP contribution in [-0.2, 0) is 16.0 Å². The van der Waals surface area contributed by atoms with Crippen molar-refractivity contribution in [3.63, 3.8) is 0 Å². The van der Waals surface area contributed by atoms with Crippen molar-refractivity contribution >= 4 is 63.5 Å². The Kier molecular flexibility index (Phi) is 7.07. The van der Waals surface area contributed by atoms with Crippen molar-refractivity contribution in [1.29, 1.82) is 0 Å². The second kappa shape index (κ2) is 9.99. The highest BCUT2D eigenvalue weighted by molar-refractivity contribution is 7.80. The van der Waals surface area contributed by atoms with Gasteiger partial charge >= 0.3 is 0 Å². The third-order valence-corrected chi connectivity index (χ3v) is 7.21. The molecule has 2 aromatic carbocycles. The van der Waals surface area contributed by atoms with Crippen LogP contribution in [0.3, 0.4) is 0 Å². The van der Waals surface area contributed by atoms with Gasteiger partial charge in [0.25, 0.3) is 5.91 Å². The molecule has 3 aromatic rings. The summed E-state index contributed by atoms with van der Waals surface area (Å²) in [5.41, 5.74) is 2.26. The fourth-order valence-electron chi connectivity index (χ4n) is 3.72. The summed E-state index contributed by atoms with van der Waals surface area (Å²) in [6.45, 7) is 2.55. The van der Waals surface area contributed by atoms with E-state index in [4.69, 9.17) is 23.8 Å². The molecule has 0 radical (unpaired) electrons. The van der Waals surface area contributed by atoms with E-state index in [2.05, 4.69) is 11.4 Å². The van der Waals surface area contributed by atoms with E-state index in [0.29, 0.717) is 34.5 Å². The number of benzene rings is 2. The Bertz CT molecular complexity index is 1180. The topological polar surface area (TPSA) is 52.7 Å². The third-order valence-electron chi connectivity index (χ3n) is 5.46. The quantitative estimate of drug-likeness (QED) is 0.439. The van der Waals surface area contributed by atoms with Gasteiger partial charge in [-0.3, -0.25) is 14.5 Å². The van der Waals surface area contributed by atoms with Gasteiger partial charge in [-0.05, 0) is 91.1 Å². The fraction of sp³-hybridized carbons (Fsp3) is 0.208. The Morgan fingerprint density at radius 2 is 1.85 bits per heavy atom. The maximum atomic E-state index is 13.4. The van der Waals surface area contributed by atoms with Crippen molar-refractivity contribution in [2.45, 2.75) is 25.8 Å². The standard InChI is InChI=1S/C24H21ClFN3O2S2/c1-15-11-13-33-21(15)10-12-28-20(14-22(30)27-18-6-4-17(26)5-7-18)23(31)29(24(28)32)19-8-2-16(25)3-9-19/h2-9,11,13,20H,10,12,14H2,1H3,(H,27,30). The highest BCUT2D eigenvalue weighted by Crippen LogP contribution is 2.29. The molecule has 1 aliphatic heterocycles. The summed E-state index contributed by atoms with van der Waals surface area (Å²) in [7, 11) is 0. The molecule has 0 bridgehead atoms. The maximum Gasteiger partial charge on any atom is 0.256 e. The van der Waals surface area contributed by atoms with Crippen molar-refractivity contribution in [3.05, 3.63) is 81.3 Å². The molecular formula is C24H21ClFN3O2S2. The Labute approximate surface area is 205 Å². The lowest BCUT2D eigenvalue weighted by atomic mass is 10.1. The number of hydrogen-bond acceptors (Lipinski definition) is 4. The zero-order chi connectivity index (χ0) is 23.5. The zero-order valence-electron chi connectivity index (χ0n) is 17.8. The van der Waals surface area contributed by atoms with E-state index in [1.54, 1.807) is 35.6 Å². The van der Waals surface area contributed by atoms with Gasteiger partial charge in [-0.1, -0.05) is 11.6 Å². The van der Waals surface area contributed by atoms with Crippen LogP contribution >= 0.6 is 35.2 Å². The number of anilines is 2. The van der Waals surface area contributed by atoms with E-state index in [0.717, 1.165) is 0 Å². The molecule has 1 N–H and O–H groups in total. The lowest BCUT2D eigenvalue weighted by Gasteiger charge is -2.24. The maximum absolute atomic E-state index is 13.4. The number of nitrogens with zero attached hydrogens (tertiary/aromatic N) is 2. The van der Waals surface area contributed by atoms with E-state index in [9.17, 15) is 14.0 Å². The van der Waals surface area contributed by atoms with Gasteiger partial charge in [-0.25, -0.2) is 4.39 Å². The Balaban J connectivity index is 1.55. The number of hydrogen-bond donors (Lipinski definition) is 1. The monoisotopic (exact) mass is 501 g/mol. The lowest BCUT2D eigenvalue weighted by Crippen LogP contribution is -2.39. The summed E-state index contributed by atoms with van der Waals surface area (Å²) in [5, 5.41) is 5.67. The highest BCUT2D eigenvalue weighted by atomic mass is 35.5. The summed E-state index contributed by atoms with van der Waals surface area (Å²) in [4.78, 5) is 30.7. The van der Waals surface area contributed by atoms with Gasteiger partial charge in [0.2, 0.25) is 5.91 Å². The summed E-state index contributed by atoms with van der Waals surface area (Å²) in [6.07, 6.45) is 0.630. The van der Waals surface area contributed by atoms with Crippen molar-refractivity contribution in [2.24, 2.45) is 0 Å². The lowest BCUT2D eigenvalue weighted by molar-refractivity contribution is -0.124. The zero-order valence-corrected chi connectivity index (χ0v) is 20.1. The molecule has 33 heavy (non-hydrogen) atoms. The molecule has 1 aromatic heterocycles. The van der Waals surface area contributed by atoms with E-state index < -0.39 is 11.9 Å². The molecule has 1 atom stereocenters. The number of carbonyl (C=O) groups excluding carboxylic acids is 2. The van der Waals surface area contributed by atoms with Gasteiger partial charge in [-0.15, -0.1) is 11.3 Å². The Hall–Kier alpha value is -2.81. The molecule has 0 aliphatic carbocycles. The highest BCUT2D eigenvalue weighted by Gasteiger charge is 2.44. The van der Waals surface area contributed by atoms with Gasteiger partial charge in [-0.2, -0.15) is 0 Å². The number of nitrogens with one attached hydrogen (secondary N) is 1. The predicted molar refractivity (Wildman–Crippen MR) is 134 cm³/mol. The molecule has 2 heterocycles. The molecular weight excluding hydrogens is 481 g/mol. The number of carbonyl (C=O) groups is 2. The average Bonchev–Trinajstić information content (AvgIpc) is 3.29. The number of halogens is 2. The van der Waals surface area contributed by atoms with E-state index in [1.165, 1.54) is 39.6 Å². The molecule has 4 rings (SSSR count). The van der Waals surface area contributed by atoms with Crippen molar-refractivity contribution in [3.8, 4) is 0 Å². The van der Waals surface area contributed by atoms with Crippen molar-refractivity contribution < 1.29 is 14.0 Å². The number of thiophene rings is 1. The minimum Gasteiger partial charge on any atom is -0.336 e. The summed E-state index contributed by atoms with van der Waals surface area (Å²) < 4.78 is 13.2. The molecule has 170 valence electrons. The smallest absolute Gasteiger partial charge is 0.256 e. The van der Waals surface area contributed by atoms with E-state index >= 15 is 0 Å². The first-order valence-electron chi connectivity index (χ1n) is 10.3. The summed E-state index contributed by atoms with van der Waals surface area (Å²) in [6, 6.07) is 13.7. The minimum atomic E-state index is -0.742. The van der Waals surface area contributed by atoms with Crippen LogP contribution < -0.4 is 10.2 Å². The number of amides is 2. The first kappa shape index (κ1) is 23.4. The average molecular weight is 502 g/mol. The van der Waals surface area contributed by atoms with Crippen LogP contribution in [-0.4, -0.2) is 34.4 Å². The van der Waals surface area contributed by atoms with Gasteiger partial charge in [0.05, 0.1) is 12.1 Å². The van der Waals surface area contributed by atoms with Crippen molar-refractivity contribution in [2.75, 3.05) is 16.8 Å². The van der Waals surface area contributed by atoms with E-state index in [1.807, 2.05) is 17.2 Å². The predicted octanol–water partition coefficient (Wildman–Crippen LogP) is 5.42. The van der Waals surface area contributed by atoms with Crippen LogP contribution in [0.25, 0.3) is 0 Å². The van der Waals surface area contributed by atoms with Crippen LogP contribution in [0.5, 0.6) is 0 Å². The van der Waals surface area contributed by atoms with Crippen LogP contribution in [0, 0.1) is 12.7 Å². The molecule has 1 fully saturated rings. The van der Waals surface area contributed by atoms with Gasteiger partial charge in [0.1, 0.15) is 11.9 Å². The molecule has 2 amide bonds. The largest absolute Gasteiger partial charge is 0.336 e. The first-order valence-corrected chi connectivity index (χ1v) is 12.0. The molecule has 1 unspecified atom stereocenters. The third kappa shape index (κ3) is 5.24.